The van der Waals surface area contributed by atoms with E-state index in [1.807, 2.05) is 12.1 Å². The lowest BCUT2D eigenvalue weighted by molar-refractivity contribution is 0.0522. The van der Waals surface area contributed by atoms with Crippen LogP contribution in [0.2, 0.25) is 0 Å². The summed E-state index contributed by atoms with van der Waals surface area (Å²) >= 11 is 1.37. The van der Waals surface area contributed by atoms with E-state index in [-0.39, 0.29) is 24.2 Å². The van der Waals surface area contributed by atoms with Gasteiger partial charge in [0.2, 0.25) is 0 Å². The van der Waals surface area contributed by atoms with Crippen molar-refractivity contribution in [3.63, 3.8) is 0 Å². The van der Waals surface area contributed by atoms with Gasteiger partial charge >= 0.3 is 5.97 Å². The van der Waals surface area contributed by atoms with Crippen LogP contribution in [0.5, 0.6) is 0 Å². The Balaban J connectivity index is 1.64. The normalized spacial score (nSPS) is 18.1. The van der Waals surface area contributed by atoms with Gasteiger partial charge in [-0.25, -0.2) is 4.79 Å². The lowest BCUT2D eigenvalue weighted by Gasteiger charge is -2.31. The SMILES string of the molecule is CCOC(=O)c1c(C)[nH]c(C)c1C(=O)CSc1nnc(-c2cccnc2)n1C1CCCCC1C. The third-order valence-electron chi connectivity index (χ3n) is 6.45. The van der Waals surface area contributed by atoms with Crippen molar-refractivity contribution in [1.82, 2.24) is 24.7 Å². The molecule has 3 heterocycles. The molecule has 1 fully saturated rings. The standard InChI is InChI=1S/C25H31N5O3S/c1-5-33-24(32)22-17(4)27-16(3)21(22)20(31)14-34-25-29-28-23(18-10-8-12-26-13-18)30(25)19-11-7-6-9-15(19)2/h8,10,12-13,15,19,27H,5-7,9,11,14H2,1-4H3. The minimum Gasteiger partial charge on any atom is -0.462 e. The number of rotatable bonds is 8. The third kappa shape index (κ3) is 4.80. The summed E-state index contributed by atoms with van der Waals surface area (Å²) in [6.07, 6.45) is 8.13. The minimum atomic E-state index is -0.476. The van der Waals surface area contributed by atoms with Gasteiger partial charge in [-0.2, -0.15) is 0 Å². The molecule has 1 aliphatic carbocycles. The van der Waals surface area contributed by atoms with E-state index in [4.69, 9.17) is 4.74 Å². The second kappa shape index (κ2) is 10.5. The van der Waals surface area contributed by atoms with E-state index in [9.17, 15) is 9.59 Å². The van der Waals surface area contributed by atoms with Crippen molar-refractivity contribution in [1.29, 1.82) is 0 Å². The number of carbonyl (C=O) groups excluding carboxylic acids is 2. The number of thioether (sulfide) groups is 1. The van der Waals surface area contributed by atoms with Crippen LogP contribution in [0.4, 0.5) is 0 Å². The van der Waals surface area contributed by atoms with Gasteiger partial charge in [-0.1, -0.05) is 31.5 Å². The maximum Gasteiger partial charge on any atom is 0.340 e. The van der Waals surface area contributed by atoms with Gasteiger partial charge in [-0.15, -0.1) is 10.2 Å². The molecule has 0 spiro atoms. The predicted octanol–water partition coefficient (Wildman–Crippen LogP) is 5.19. The highest BCUT2D eigenvalue weighted by Crippen LogP contribution is 2.39. The lowest BCUT2D eigenvalue weighted by Crippen LogP contribution is -2.23. The number of ether oxygens (including phenoxy) is 1. The number of aryl methyl sites for hydroxylation is 2. The van der Waals surface area contributed by atoms with Gasteiger partial charge in [-0.3, -0.25) is 14.3 Å². The number of aromatic nitrogens is 5. The molecule has 9 heteroatoms. The average molecular weight is 482 g/mol. The Kier molecular flexibility index (Phi) is 7.50. The highest BCUT2D eigenvalue weighted by atomic mass is 32.2. The van der Waals surface area contributed by atoms with Crippen LogP contribution in [0.1, 0.15) is 77.7 Å². The van der Waals surface area contributed by atoms with Crippen molar-refractivity contribution >= 4 is 23.5 Å². The molecule has 2 unspecified atom stereocenters. The first-order valence-corrected chi connectivity index (χ1v) is 12.8. The van der Waals surface area contributed by atoms with Crippen LogP contribution < -0.4 is 0 Å². The molecule has 4 rings (SSSR count). The Labute approximate surface area is 203 Å². The molecular formula is C25H31N5O3S. The van der Waals surface area contributed by atoms with Crippen molar-refractivity contribution in [2.45, 2.75) is 64.6 Å². The van der Waals surface area contributed by atoms with Crippen LogP contribution in [-0.4, -0.2) is 48.8 Å². The molecule has 0 saturated heterocycles. The maximum absolute atomic E-state index is 13.3. The Hall–Kier alpha value is -2.94. The zero-order valence-electron chi connectivity index (χ0n) is 20.1. The molecule has 0 bridgehead atoms. The summed E-state index contributed by atoms with van der Waals surface area (Å²) in [6.45, 7) is 7.87. The summed E-state index contributed by atoms with van der Waals surface area (Å²) < 4.78 is 7.38. The number of aromatic amines is 1. The molecule has 0 aliphatic heterocycles. The smallest absolute Gasteiger partial charge is 0.340 e. The highest BCUT2D eigenvalue weighted by Gasteiger charge is 2.30. The number of nitrogens with zero attached hydrogens (tertiary/aromatic N) is 4. The van der Waals surface area contributed by atoms with E-state index < -0.39 is 5.97 Å². The minimum absolute atomic E-state index is 0.135. The summed E-state index contributed by atoms with van der Waals surface area (Å²) in [5, 5.41) is 9.69. The molecule has 1 aliphatic rings. The zero-order chi connectivity index (χ0) is 24.2. The van der Waals surface area contributed by atoms with E-state index in [2.05, 4.69) is 31.7 Å². The van der Waals surface area contributed by atoms with Crippen molar-refractivity contribution in [2.75, 3.05) is 12.4 Å². The third-order valence-corrected chi connectivity index (χ3v) is 7.39. The lowest BCUT2D eigenvalue weighted by atomic mass is 9.85. The second-order valence-electron chi connectivity index (χ2n) is 8.80. The average Bonchev–Trinajstić information content (AvgIpc) is 3.38. The number of esters is 1. The fourth-order valence-electron chi connectivity index (χ4n) is 4.84. The van der Waals surface area contributed by atoms with Gasteiger partial charge in [-0.05, 0) is 51.7 Å². The fraction of sp³-hybridized carbons (Fsp3) is 0.480. The Morgan fingerprint density at radius 1 is 1.18 bits per heavy atom. The van der Waals surface area contributed by atoms with Crippen molar-refractivity contribution < 1.29 is 14.3 Å². The van der Waals surface area contributed by atoms with Gasteiger partial charge in [0.1, 0.15) is 0 Å². The molecule has 0 aromatic carbocycles. The quantitative estimate of drug-likeness (QED) is 0.268. The predicted molar refractivity (Wildman–Crippen MR) is 131 cm³/mol. The first-order chi connectivity index (χ1) is 16.4. The van der Waals surface area contributed by atoms with Crippen LogP contribution in [0, 0.1) is 19.8 Å². The van der Waals surface area contributed by atoms with Crippen LogP contribution in [0.3, 0.4) is 0 Å². The van der Waals surface area contributed by atoms with Gasteiger partial charge in [0.25, 0.3) is 0 Å². The van der Waals surface area contributed by atoms with E-state index >= 15 is 0 Å². The summed E-state index contributed by atoms with van der Waals surface area (Å²) in [4.78, 5) is 33.2. The number of hydrogen-bond acceptors (Lipinski definition) is 7. The Morgan fingerprint density at radius 3 is 2.65 bits per heavy atom. The molecule has 0 radical (unpaired) electrons. The molecule has 34 heavy (non-hydrogen) atoms. The van der Waals surface area contributed by atoms with Gasteiger partial charge in [0.05, 0.1) is 23.5 Å². The summed E-state index contributed by atoms with van der Waals surface area (Å²) in [6, 6.07) is 4.14. The molecule has 8 nitrogen and oxygen atoms in total. The van der Waals surface area contributed by atoms with Crippen molar-refractivity contribution in [2.24, 2.45) is 5.92 Å². The van der Waals surface area contributed by atoms with Crippen molar-refractivity contribution in [3.05, 3.63) is 47.0 Å². The van der Waals surface area contributed by atoms with E-state index in [0.29, 0.717) is 33.6 Å². The van der Waals surface area contributed by atoms with Crippen LogP contribution in [0.25, 0.3) is 11.4 Å². The molecule has 180 valence electrons. The second-order valence-corrected chi connectivity index (χ2v) is 9.75. The molecule has 0 amide bonds. The number of H-pyrrole nitrogens is 1. The highest BCUT2D eigenvalue weighted by molar-refractivity contribution is 7.99. The van der Waals surface area contributed by atoms with Crippen molar-refractivity contribution in [3.8, 4) is 11.4 Å². The fourth-order valence-corrected chi connectivity index (χ4v) is 5.70. The van der Waals surface area contributed by atoms with Crippen LogP contribution >= 0.6 is 11.8 Å². The zero-order valence-corrected chi connectivity index (χ0v) is 20.9. The van der Waals surface area contributed by atoms with E-state index in [0.717, 1.165) is 30.7 Å². The number of hydrogen-bond donors (Lipinski definition) is 1. The topological polar surface area (TPSA) is 103 Å². The number of Topliss-reactive ketones (excluding diaryl/α,β-unsaturated/α-hetero) is 1. The molecular weight excluding hydrogens is 450 g/mol. The summed E-state index contributed by atoms with van der Waals surface area (Å²) in [5.41, 5.74) is 2.94. The largest absolute Gasteiger partial charge is 0.462 e. The van der Waals surface area contributed by atoms with Gasteiger partial charge in [0, 0.05) is 35.4 Å². The molecule has 2 atom stereocenters. The number of pyridine rings is 1. The first-order valence-electron chi connectivity index (χ1n) is 11.8. The van der Waals surface area contributed by atoms with Crippen LogP contribution in [-0.2, 0) is 4.74 Å². The maximum atomic E-state index is 13.3. The summed E-state index contributed by atoms with van der Waals surface area (Å²) in [7, 11) is 0. The Morgan fingerprint density at radius 2 is 1.94 bits per heavy atom. The first kappa shape index (κ1) is 24.2. The molecule has 1 N–H and O–H groups in total. The molecule has 1 saturated carbocycles. The van der Waals surface area contributed by atoms with Crippen LogP contribution in [0.15, 0.2) is 29.7 Å². The summed E-state index contributed by atoms with van der Waals surface area (Å²) in [5.74, 6) is 0.805. The van der Waals surface area contributed by atoms with E-state index in [1.165, 1.54) is 18.2 Å². The number of ketones is 1. The van der Waals surface area contributed by atoms with E-state index in [1.54, 1.807) is 33.2 Å². The molecule has 3 aromatic rings. The number of nitrogens with one attached hydrogen (secondary N) is 1. The Bertz CT molecular complexity index is 1170. The molecule has 3 aromatic heterocycles. The number of carbonyl (C=O) groups is 2. The van der Waals surface area contributed by atoms with Gasteiger partial charge < -0.3 is 9.72 Å². The monoisotopic (exact) mass is 481 g/mol. The van der Waals surface area contributed by atoms with Gasteiger partial charge in [0.15, 0.2) is 16.8 Å².